The molecule has 2 aromatic rings. The zero-order valence-corrected chi connectivity index (χ0v) is 18.1. The summed E-state index contributed by atoms with van der Waals surface area (Å²) in [6, 6.07) is 11.6. The standard InChI is InChI=1S/C26H30O3/c1-6-8-11-19(7-2)26(28)29-25-21-13-10-9-12-20(21)24(27)23(25)22-17(4)14-16(3)15-18(22)5/h9-10,12-15,19H,6-8,11H2,1-5H3/t19-/m1/s1. The van der Waals surface area contributed by atoms with Crippen molar-refractivity contribution in [2.24, 2.45) is 5.92 Å². The van der Waals surface area contributed by atoms with Gasteiger partial charge in [-0.2, -0.15) is 0 Å². The van der Waals surface area contributed by atoms with Gasteiger partial charge in [0.2, 0.25) is 0 Å². The first kappa shape index (κ1) is 21.0. The van der Waals surface area contributed by atoms with Crippen molar-refractivity contribution in [1.82, 2.24) is 0 Å². The fraction of sp³-hybridized carbons (Fsp3) is 0.385. The molecule has 0 amide bonds. The Balaban J connectivity index is 2.12. The highest BCUT2D eigenvalue weighted by molar-refractivity contribution is 6.39. The number of benzene rings is 2. The van der Waals surface area contributed by atoms with Crippen LogP contribution in [0.15, 0.2) is 36.4 Å². The predicted octanol–water partition coefficient (Wildman–Crippen LogP) is 6.44. The van der Waals surface area contributed by atoms with E-state index in [1.807, 2.05) is 52.0 Å². The van der Waals surface area contributed by atoms with Crippen molar-refractivity contribution < 1.29 is 14.3 Å². The van der Waals surface area contributed by atoms with Crippen molar-refractivity contribution in [2.45, 2.75) is 60.3 Å². The van der Waals surface area contributed by atoms with Gasteiger partial charge in [0, 0.05) is 11.1 Å². The molecule has 0 radical (unpaired) electrons. The molecule has 3 heteroatoms. The molecule has 0 saturated carbocycles. The van der Waals surface area contributed by atoms with Crippen molar-refractivity contribution in [2.75, 3.05) is 0 Å². The lowest BCUT2D eigenvalue weighted by Gasteiger charge is -2.17. The van der Waals surface area contributed by atoms with Gasteiger partial charge in [-0.05, 0) is 50.3 Å². The molecule has 0 aromatic heterocycles. The lowest BCUT2D eigenvalue weighted by Crippen LogP contribution is -2.17. The van der Waals surface area contributed by atoms with Crippen molar-refractivity contribution in [1.29, 1.82) is 0 Å². The Labute approximate surface area is 173 Å². The lowest BCUT2D eigenvalue weighted by atomic mass is 9.91. The van der Waals surface area contributed by atoms with Crippen molar-refractivity contribution >= 4 is 23.1 Å². The molecule has 29 heavy (non-hydrogen) atoms. The minimum atomic E-state index is -0.236. The maximum Gasteiger partial charge on any atom is 0.314 e. The molecule has 0 spiro atoms. The van der Waals surface area contributed by atoms with Crippen molar-refractivity contribution in [3.05, 3.63) is 69.8 Å². The number of aryl methyl sites for hydroxylation is 3. The van der Waals surface area contributed by atoms with E-state index in [9.17, 15) is 9.59 Å². The van der Waals surface area contributed by atoms with Crippen LogP contribution in [0.1, 0.15) is 77.7 Å². The highest BCUT2D eigenvalue weighted by Crippen LogP contribution is 2.41. The molecular weight excluding hydrogens is 360 g/mol. The van der Waals surface area contributed by atoms with Crippen LogP contribution in [0.4, 0.5) is 0 Å². The second kappa shape index (κ2) is 8.77. The van der Waals surface area contributed by atoms with Gasteiger partial charge in [0.15, 0.2) is 11.5 Å². The van der Waals surface area contributed by atoms with E-state index < -0.39 is 0 Å². The quantitative estimate of drug-likeness (QED) is 0.511. The average molecular weight is 391 g/mol. The number of fused-ring (bicyclic) bond motifs is 1. The number of ketones is 1. The van der Waals surface area contributed by atoms with Gasteiger partial charge in [-0.25, -0.2) is 0 Å². The summed E-state index contributed by atoms with van der Waals surface area (Å²) in [4.78, 5) is 26.3. The van der Waals surface area contributed by atoms with Gasteiger partial charge in [0.05, 0.1) is 11.5 Å². The predicted molar refractivity (Wildman–Crippen MR) is 118 cm³/mol. The molecule has 1 aliphatic rings. The average Bonchev–Trinajstić information content (AvgIpc) is 2.94. The summed E-state index contributed by atoms with van der Waals surface area (Å²) in [6.07, 6.45) is 3.58. The number of Topliss-reactive ketones (excluding diaryl/α,β-unsaturated/α-hetero) is 1. The van der Waals surface area contributed by atoms with E-state index in [-0.39, 0.29) is 17.7 Å². The number of carbonyl (C=O) groups excluding carboxylic acids is 2. The second-order valence-electron chi connectivity index (χ2n) is 8.02. The minimum absolute atomic E-state index is 0.0694. The summed E-state index contributed by atoms with van der Waals surface area (Å²) in [5.41, 5.74) is 5.89. The van der Waals surface area contributed by atoms with E-state index in [1.54, 1.807) is 0 Å². The smallest absolute Gasteiger partial charge is 0.314 e. The Morgan fingerprint density at radius 2 is 1.62 bits per heavy atom. The summed E-state index contributed by atoms with van der Waals surface area (Å²) in [5.74, 6) is -0.0344. The van der Waals surface area contributed by atoms with Crippen LogP contribution in [0.5, 0.6) is 0 Å². The first-order valence-corrected chi connectivity index (χ1v) is 10.6. The van der Waals surface area contributed by atoms with Gasteiger partial charge in [-0.1, -0.05) is 68.7 Å². The van der Waals surface area contributed by atoms with Crippen LogP contribution in [0, 0.1) is 26.7 Å². The summed E-state index contributed by atoms with van der Waals surface area (Å²) in [5, 5.41) is 0. The van der Waals surface area contributed by atoms with Crippen LogP contribution in [-0.2, 0) is 9.53 Å². The third kappa shape index (κ3) is 4.05. The van der Waals surface area contributed by atoms with Crippen LogP contribution in [0.3, 0.4) is 0 Å². The van der Waals surface area contributed by atoms with Gasteiger partial charge in [-0.15, -0.1) is 0 Å². The van der Waals surface area contributed by atoms with Gasteiger partial charge >= 0.3 is 5.97 Å². The Kier molecular flexibility index (Phi) is 6.36. The van der Waals surface area contributed by atoms with E-state index >= 15 is 0 Å². The zero-order chi connectivity index (χ0) is 21.1. The summed E-state index contributed by atoms with van der Waals surface area (Å²) < 4.78 is 5.99. The number of hydrogen-bond donors (Lipinski definition) is 0. The Bertz CT molecular complexity index is 958. The molecule has 152 valence electrons. The highest BCUT2D eigenvalue weighted by Gasteiger charge is 2.35. The maximum atomic E-state index is 13.3. The summed E-state index contributed by atoms with van der Waals surface area (Å²) in [6.45, 7) is 10.2. The van der Waals surface area contributed by atoms with Crippen LogP contribution < -0.4 is 0 Å². The van der Waals surface area contributed by atoms with Crippen molar-refractivity contribution in [3.8, 4) is 0 Å². The highest BCUT2D eigenvalue weighted by atomic mass is 16.5. The van der Waals surface area contributed by atoms with Gasteiger partial charge in [-0.3, -0.25) is 9.59 Å². The largest absolute Gasteiger partial charge is 0.425 e. The normalized spacial score (nSPS) is 14.2. The first-order chi connectivity index (χ1) is 13.9. The Hall–Kier alpha value is -2.68. The topological polar surface area (TPSA) is 43.4 Å². The van der Waals surface area contributed by atoms with Gasteiger partial charge in [0.1, 0.15) is 0 Å². The van der Waals surface area contributed by atoms with E-state index in [2.05, 4.69) is 19.1 Å². The number of esters is 1. The molecule has 0 aliphatic heterocycles. The van der Waals surface area contributed by atoms with Crippen LogP contribution >= 0.6 is 0 Å². The van der Waals surface area contributed by atoms with Crippen LogP contribution in [-0.4, -0.2) is 11.8 Å². The molecule has 1 atom stereocenters. The fourth-order valence-corrected chi connectivity index (χ4v) is 4.28. The number of allylic oxidation sites excluding steroid dienone is 1. The third-order valence-electron chi connectivity index (χ3n) is 5.73. The van der Waals surface area contributed by atoms with Crippen LogP contribution in [0.2, 0.25) is 0 Å². The minimum Gasteiger partial charge on any atom is -0.425 e. The molecule has 2 aromatic carbocycles. The third-order valence-corrected chi connectivity index (χ3v) is 5.73. The van der Waals surface area contributed by atoms with E-state index in [0.717, 1.165) is 47.9 Å². The first-order valence-electron chi connectivity index (χ1n) is 10.6. The molecule has 3 rings (SSSR count). The molecule has 0 bridgehead atoms. The zero-order valence-electron chi connectivity index (χ0n) is 18.1. The fourth-order valence-electron chi connectivity index (χ4n) is 4.28. The van der Waals surface area contributed by atoms with E-state index in [4.69, 9.17) is 4.74 Å². The monoisotopic (exact) mass is 390 g/mol. The molecule has 0 fully saturated rings. The molecule has 3 nitrogen and oxygen atoms in total. The summed E-state index contributed by atoms with van der Waals surface area (Å²) in [7, 11) is 0. The SMILES string of the molecule is CCCC[C@@H](CC)C(=O)OC1=C(c2c(C)cc(C)cc2C)C(=O)c2ccccc21. The number of carbonyl (C=O) groups is 2. The summed E-state index contributed by atoms with van der Waals surface area (Å²) >= 11 is 0. The van der Waals surface area contributed by atoms with Crippen LogP contribution in [0.25, 0.3) is 11.3 Å². The van der Waals surface area contributed by atoms with E-state index in [0.29, 0.717) is 22.5 Å². The molecule has 0 heterocycles. The van der Waals surface area contributed by atoms with Crippen molar-refractivity contribution in [3.63, 3.8) is 0 Å². The lowest BCUT2D eigenvalue weighted by molar-refractivity contribution is -0.141. The second-order valence-corrected chi connectivity index (χ2v) is 8.02. The molecule has 1 aliphatic carbocycles. The van der Waals surface area contributed by atoms with E-state index in [1.165, 1.54) is 0 Å². The van der Waals surface area contributed by atoms with Gasteiger partial charge < -0.3 is 4.74 Å². The Morgan fingerprint density at radius 1 is 1.00 bits per heavy atom. The number of unbranched alkanes of at least 4 members (excludes halogenated alkanes) is 1. The molecule has 0 N–H and O–H groups in total. The van der Waals surface area contributed by atoms with Gasteiger partial charge in [0.25, 0.3) is 0 Å². The molecule has 0 unspecified atom stereocenters. The number of hydrogen-bond acceptors (Lipinski definition) is 3. The molecular formula is C26H30O3. The number of rotatable bonds is 7. The number of ether oxygens (including phenoxy) is 1. The maximum absolute atomic E-state index is 13.3. The molecule has 0 saturated heterocycles. The Morgan fingerprint density at radius 3 is 2.21 bits per heavy atom.